The first-order valence-corrected chi connectivity index (χ1v) is 10.3. The minimum absolute atomic E-state index is 0.112. The normalized spacial score (nSPS) is 10.9. The first-order chi connectivity index (χ1) is 12.3. The summed E-state index contributed by atoms with van der Waals surface area (Å²) in [6, 6.07) is 12.0. The molecular weight excluding hydrogens is 372 g/mol. The number of aromatic nitrogens is 1. The number of rotatable bonds is 6. The molecule has 0 aliphatic carbocycles. The minimum Gasteiger partial charge on any atom is -0.442 e. The van der Waals surface area contributed by atoms with Crippen molar-refractivity contribution in [2.45, 2.75) is 13.1 Å². The Morgan fingerprint density at radius 2 is 1.60 bits per heavy atom. The van der Waals surface area contributed by atoms with Crippen LogP contribution in [0.3, 0.4) is 0 Å². The molecule has 0 N–H and O–H groups in total. The van der Waals surface area contributed by atoms with Crippen molar-refractivity contribution in [2.75, 3.05) is 0 Å². The van der Waals surface area contributed by atoms with Crippen molar-refractivity contribution in [1.29, 1.82) is 0 Å². The highest BCUT2D eigenvalue weighted by molar-refractivity contribution is 7.13. The van der Waals surface area contributed by atoms with Crippen LogP contribution in [0.15, 0.2) is 63.3 Å². The molecule has 0 fully saturated rings. The Balaban J connectivity index is 1.64. The van der Waals surface area contributed by atoms with Crippen LogP contribution >= 0.6 is 34.0 Å². The molecule has 0 aromatic carbocycles. The van der Waals surface area contributed by atoms with Gasteiger partial charge in [-0.3, -0.25) is 4.79 Å². The standard InChI is InChI=1S/C18H14N2O2S3/c21-18(16-17(22-12-19-16)15-6-3-9-25-15)20(10-13-4-1-7-23-13)11-14-5-2-8-24-14/h1-9,12H,10-11H2. The van der Waals surface area contributed by atoms with Crippen LogP contribution in [0.2, 0.25) is 0 Å². The molecule has 4 rings (SSSR count). The molecule has 0 saturated heterocycles. The lowest BCUT2D eigenvalue weighted by Gasteiger charge is -2.20. The van der Waals surface area contributed by atoms with E-state index in [1.807, 2.05) is 57.4 Å². The zero-order chi connectivity index (χ0) is 17.1. The molecule has 4 aromatic heterocycles. The van der Waals surface area contributed by atoms with Crippen molar-refractivity contribution in [2.24, 2.45) is 0 Å². The van der Waals surface area contributed by atoms with Crippen LogP contribution in [-0.2, 0) is 13.1 Å². The molecule has 0 atom stereocenters. The molecule has 0 aliphatic rings. The number of hydrogen-bond donors (Lipinski definition) is 0. The molecule has 4 nitrogen and oxygen atoms in total. The quantitative estimate of drug-likeness (QED) is 0.448. The number of amides is 1. The van der Waals surface area contributed by atoms with Gasteiger partial charge in [-0.2, -0.15) is 0 Å². The maximum absolute atomic E-state index is 13.2. The van der Waals surface area contributed by atoms with Gasteiger partial charge in [-0.05, 0) is 34.3 Å². The van der Waals surface area contributed by atoms with Crippen molar-refractivity contribution in [1.82, 2.24) is 9.88 Å². The summed E-state index contributed by atoms with van der Waals surface area (Å²) in [6.07, 6.45) is 1.34. The second-order valence-electron chi connectivity index (χ2n) is 5.33. The second-order valence-corrected chi connectivity index (χ2v) is 8.34. The maximum Gasteiger partial charge on any atom is 0.277 e. The van der Waals surface area contributed by atoms with E-state index < -0.39 is 0 Å². The predicted molar refractivity (Wildman–Crippen MR) is 102 cm³/mol. The summed E-state index contributed by atoms with van der Waals surface area (Å²) < 4.78 is 5.51. The van der Waals surface area contributed by atoms with Crippen molar-refractivity contribution < 1.29 is 9.21 Å². The van der Waals surface area contributed by atoms with E-state index in [4.69, 9.17) is 4.42 Å². The zero-order valence-electron chi connectivity index (χ0n) is 13.1. The van der Waals surface area contributed by atoms with Crippen molar-refractivity contribution in [3.8, 4) is 10.6 Å². The van der Waals surface area contributed by atoms with E-state index >= 15 is 0 Å². The molecule has 0 saturated carbocycles. The molecule has 0 unspecified atom stereocenters. The number of hydrogen-bond acceptors (Lipinski definition) is 6. The third-order valence-electron chi connectivity index (χ3n) is 3.66. The van der Waals surface area contributed by atoms with Gasteiger partial charge in [0.05, 0.1) is 18.0 Å². The van der Waals surface area contributed by atoms with Gasteiger partial charge in [-0.1, -0.05) is 18.2 Å². The van der Waals surface area contributed by atoms with Crippen LogP contribution in [-0.4, -0.2) is 15.8 Å². The van der Waals surface area contributed by atoms with Gasteiger partial charge in [-0.25, -0.2) is 4.98 Å². The van der Waals surface area contributed by atoms with E-state index in [1.54, 1.807) is 22.7 Å². The van der Waals surface area contributed by atoms with Crippen LogP contribution in [0.25, 0.3) is 10.6 Å². The Hall–Kier alpha value is -2.22. The fourth-order valence-corrected chi connectivity index (χ4v) is 4.66. The Morgan fingerprint density at radius 1 is 0.960 bits per heavy atom. The fraction of sp³-hybridized carbons (Fsp3) is 0.111. The molecule has 7 heteroatoms. The van der Waals surface area contributed by atoms with Crippen molar-refractivity contribution >= 4 is 39.9 Å². The summed E-state index contributed by atoms with van der Waals surface area (Å²) in [5.41, 5.74) is 0.371. The van der Waals surface area contributed by atoms with Crippen molar-refractivity contribution in [3.63, 3.8) is 0 Å². The maximum atomic E-state index is 13.2. The van der Waals surface area contributed by atoms with Crippen LogP contribution in [0.4, 0.5) is 0 Å². The van der Waals surface area contributed by atoms with E-state index in [-0.39, 0.29) is 5.91 Å². The van der Waals surface area contributed by atoms with Gasteiger partial charge in [0, 0.05) is 9.75 Å². The molecule has 25 heavy (non-hydrogen) atoms. The number of nitrogens with zero attached hydrogens (tertiary/aromatic N) is 2. The molecule has 0 bridgehead atoms. The SMILES string of the molecule is O=C(c1ncoc1-c1cccs1)N(Cc1cccs1)Cc1cccs1. The Labute approximate surface area is 157 Å². The third-order valence-corrected chi connectivity index (χ3v) is 6.25. The zero-order valence-corrected chi connectivity index (χ0v) is 15.6. The smallest absolute Gasteiger partial charge is 0.277 e. The van der Waals surface area contributed by atoms with Gasteiger partial charge in [0.2, 0.25) is 0 Å². The average molecular weight is 387 g/mol. The summed E-state index contributed by atoms with van der Waals surface area (Å²) in [5.74, 6) is 0.432. The lowest BCUT2D eigenvalue weighted by Crippen LogP contribution is -2.30. The van der Waals surface area contributed by atoms with Crippen LogP contribution in [0, 0.1) is 0 Å². The minimum atomic E-state index is -0.112. The number of carbonyl (C=O) groups excluding carboxylic acids is 1. The second kappa shape index (κ2) is 7.35. The fourth-order valence-electron chi connectivity index (χ4n) is 2.51. The first kappa shape index (κ1) is 16.3. The molecule has 4 heterocycles. The van der Waals surface area contributed by atoms with Crippen LogP contribution < -0.4 is 0 Å². The van der Waals surface area contributed by atoms with E-state index in [9.17, 15) is 4.79 Å². The summed E-state index contributed by atoms with van der Waals surface area (Å²) in [6.45, 7) is 1.12. The van der Waals surface area contributed by atoms with E-state index in [2.05, 4.69) is 4.98 Å². The monoisotopic (exact) mass is 386 g/mol. The Bertz CT molecular complexity index is 889. The van der Waals surface area contributed by atoms with Gasteiger partial charge in [0.15, 0.2) is 17.8 Å². The molecule has 126 valence electrons. The van der Waals surface area contributed by atoms with Gasteiger partial charge < -0.3 is 9.32 Å². The number of oxazole rings is 1. The molecule has 1 amide bonds. The summed E-state index contributed by atoms with van der Waals surface area (Å²) in [5, 5.41) is 6.01. The van der Waals surface area contributed by atoms with E-state index in [0.717, 1.165) is 14.6 Å². The molecule has 0 radical (unpaired) electrons. The largest absolute Gasteiger partial charge is 0.442 e. The molecular formula is C18H14N2O2S3. The highest BCUT2D eigenvalue weighted by Crippen LogP contribution is 2.29. The van der Waals surface area contributed by atoms with Gasteiger partial charge >= 0.3 is 0 Å². The highest BCUT2D eigenvalue weighted by atomic mass is 32.1. The Morgan fingerprint density at radius 3 is 2.16 bits per heavy atom. The summed E-state index contributed by atoms with van der Waals surface area (Å²) in [4.78, 5) is 22.4. The lowest BCUT2D eigenvalue weighted by molar-refractivity contribution is 0.0728. The number of carbonyl (C=O) groups is 1. The lowest BCUT2D eigenvalue weighted by atomic mass is 10.2. The topological polar surface area (TPSA) is 46.3 Å². The van der Waals surface area contributed by atoms with Gasteiger partial charge in [0.25, 0.3) is 5.91 Å². The van der Waals surface area contributed by atoms with Gasteiger partial charge in [0.1, 0.15) is 0 Å². The molecule has 0 spiro atoms. The highest BCUT2D eigenvalue weighted by Gasteiger charge is 2.25. The molecule has 0 aliphatic heterocycles. The summed E-state index contributed by atoms with van der Waals surface area (Å²) in [7, 11) is 0. The van der Waals surface area contributed by atoms with Crippen LogP contribution in [0.1, 0.15) is 20.2 Å². The van der Waals surface area contributed by atoms with E-state index in [0.29, 0.717) is 24.5 Å². The average Bonchev–Trinajstić information content (AvgIpc) is 3.41. The van der Waals surface area contributed by atoms with Gasteiger partial charge in [-0.15, -0.1) is 34.0 Å². The van der Waals surface area contributed by atoms with Crippen molar-refractivity contribution in [3.05, 3.63) is 74.4 Å². The first-order valence-electron chi connectivity index (χ1n) is 7.62. The predicted octanol–water partition coefficient (Wildman–Crippen LogP) is 5.37. The van der Waals surface area contributed by atoms with Crippen LogP contribution in [0.5, 0.6) is 0 Å². The number of thiophene rings is 3. The molecule has 4 aromatic rings. The Kier molecular flexibility index (Phi) is 4.78. The van der Waals surface area contributed by atoms with E-state index in [1.165, 1.54) is 17.7 Å². The summed E-state index contributed by atoms with van der Waals surface area (Å²) >= 11 is 4.83. The third kappa shape index (κ3) is 3.58.